The number of thiocarbonyl (C=S) groups is 1. The highest BCUT2D eigenvalue weighted by molar-refractivity contribution is 7.80. The van der Waals surface area contributed by atoms with E-state index in [1.54, 1.807) is 24.3 Å². The van der Waals surface area contributed by atoms with Crippen LogP contribution in [0.25, 0.3) is 6.08 Å². The summed E-state index contributed by atoms with van der Waals surface area (Å²) in [5.41, 5.74) is 1.05. The lowest BCUT2D eigenvalue weighted by Gasteiger charge is -2.11. The van der Waals surface area contributed by atoms with Gasteiger partial charge in [0.2, 0.25) is 0 Å². The van der Waals surface area contributed by atoms with Gasteiger partial charge in [0.1, 0.15) is 11.4 Å². The number of rotatable bonds is 6. The Bertz CT molecular complexity index is 690. The number of hydrogen-bond donors (Lipinski definition) is 2. The quantitative estimate of drug-likeness (QED) is 0.602. The molecule has 0 bridgehead atoms. The molecule has 0 aliphatic carbocycles. The van der Waals surface area contributed by atoms with Crippen LogP contribution in [-0.2, 0) is 9.59 Å². The van der Waals surface area contributed by atoms with Gasteiger partial charge < -0.3 is 15.2 Å². The fourth-order valence-corrected chi connectivity index (χ4v) is 2.56. The van der Waals surface area contributed by atoms with Crippen LogP contribution in [0.1, 0.15) is 18.9 Å². The maximum atomic E-state index is 12.2. The second-order valence-corrected chi connectivity index (χ2v) is 5.61. The molecule has 0 radical (unpaired) electrons. The Balaban J connectivity index is 2.17. The molecule has 1 fully saturated rings. The van der Waals surface area contributed by atoms with Crippen molar-refractivity contribution in [2.45, 2.75) is 13.3 Å². The van der Waals surface area contributed by atoms with Gasteiger partial charge >= 0.3 is 5.97 Å². The maximum absolute atomic E-state index is 12.2. The minimum absolute atomic E-state index is 0.181. The lowest BCUT2D eigenvalue weighted by Crippen LogP contribution is -2.31. The minimum Gasteiger partial charge on any atom is -0.480 e. The molecule has 0 atom stereocenters. The van der Waals surface area contributed by atoms with Crippen LogP contribution >= 0.6 is 23.8 Å². The minimum atomic E-state index is -1.09. The predicted molar refractivity (Wildman–Crippen MR) is 90.3 cm³/mol. The van der Waals surface area contributed by atoms with Crippen molar-refractivity contribution < 1.29 is 19.4 Å². The van der Waals surface area contributed by atoms with E-state index < -0.39 is 12.6 Å². The number of nitrogens with one attached hydrogen (secondary N) is 1. The first-order valence-electron chi connectivity index (χ1n) is 6.91. The van der Waals surface area contributed by atoms with Crippen molar-refractivity contribution in [2.75, 3.05) is 13.2 Å². The summed E-state index contributed by atoms with van der Waals surface area (Å²) in [7, 11) is 0. The molecule has 1 heterocycles. The van der Waals surface area contributed by atoms with Crippen molar-refractivity contribution in [3.05, 3.63) is 34.5 Å². The highest BCUT2D eigenvalue weighted by atomic mass is 35.5. The first kappa shape index (κ1) is 17.2. The molecule has 8 heteroatoms. The summed E-state index contributed by atoms with van der Waals surface area (Å²) in [6, 6.07) is 4.82. The number of benzene rings is 1. The average Bonchev–Trinajstić information content (AvgIpc) is 2.74. The number of carboxylic acid groups (broad SMARTS) is 1. The van der Waals surface area contributed by atoms with Crippen LogP contribution in [0.2, 0.25) is 5.02 Å². The third kappa shape index (κ3) is 4.20. The molecule has 1 aliphatic rings. The normalized spacial score (nSPS) is 15.9. The van der Waals surface area contributed by atoms with Crippen LogP contribution in [-0.4, -0.2) is 40.1 Å². The van der Waals surface area contributed by atoms with Crippen molar-refractivity contribution >= 4 is 46.9 Å². The van der Waals surface area contributed by atoms with E-state index in [1.165, 1.54) is 4.90 Å². The topological polar surface area (TPSA) is 78.9 Å². The summed E-state index contributed by atoms with van der Waals surface area (Å²) in [4.78, 5) is 24.2. The number of nitrogens with zero attached hydrogens (tertiary/aromatic N) is 1. The Labute approximate surface area is 143 Å². The van der Waals surface area contributed by atoms with Crippen LogP contribution in [0.3, 0.4) is 0 Å². The second-order valence-electron chi connectivity index (χ2n) is 4.82. The second kappa shape index (κ2) is 7.43. The van der Waals surface area contributed by atoms with Gasteiger partial charge in [0, 0.05) is 6.54 Å². The summed E-state index contributed by atoms with van der Waals surface area (Å²) in [5, 5.41) is 12.1. The van der Waals surface area contributed by atoms with Gasteiger partial charge in [-0.05, 0) is 42.4 Å². The van der Waals surface area contributed by atoms with Gasteiger partial charge in [0.05, 0.1) is 5.02 Å². The zero-order valence-electron chi connectivity index (χ0n) is 12.3. The van der Waals surface area contributed by atoms with E-state index in [2.05, 4.69) is 5.32 Å². The number of amides is 1. The molecular formula is C15H15ClN2O4S. The van der Waals surface area contributed by atoms with Gasteiger partial charge in [-0.2, -0.15) is 0 Å². The highest BCUT2D eigenvalue weighted by Crippen LogP contribution is 2.27. The first-order valence-corrected chi connectivity index (χ1v) is 7.69. The molecule has 0 saturated carbocycles. The molecular weight excluding hydrogens is 340 g/mol. The van der Waals surface area contributed by atoms with Crippen molar-refractivity contribution in [2.24, 2.45) is 0 Å². The van der Waals surface area contributed by atoms with Crippen molar-refractivity contribution in [1.29, 1.82) is 0 Å². The van der Waals surface area contributed by atoms with Gasteiger partial charge in [-0.3, -0.25) is 9.69 Å². The molecule has 0 unspecified atom stereocenters. The number of carbonyl (C=O) groups is 2. The van der Waals surface area contributed by atoms with Crippen molar-refractivity contribution in [3.8, 4) is 5.75 Å². The zero-order chi connectivity index (χ0) is 17.0. The molecule has 1 aliphatic heterocycles. The molecule has 2 N–H and O–H groups in total. The van der Waals surface area contributed by atoms with E-state index in [0.29, 0.717) is 22.9 Å². The number of ether oxygens (including phenoxy) is 1. The zero-order valence-corrected chi connectivity index (χ0v) is 13.9. The van der Waals surface area contributed by atoms with Crippen LogP contribution < -0.4 is 10.1 Å². The van der Waals surface area contributed by atoms with Crippen LogP contribution in [0.5, 0.6) is 5.75 Å². The summed E-state index contributed by atoms with van der Waals surface area (Å²) in [5.74, 6) is -0.998. The van der Waals surface area contributed by atoms with Gasteiger partial charge in [-0.25, -0.2) is 4.79 Å². The number of hydrogen-bond acceptors (Lipinski definition) is 4. The molecule has 1 amide bonds. The molecule has 2 rings (SSSR count). The van der Waals surface area contributed by atoms with Gasteiger partial charge in [-0.15, -0.1) is 0 Å². The molecule has 1 aromatic carbocycles. The molecule has 0 aromatic heterocycles. The summed E-state index contributed by atoms with van der Waals surface area (Å²) < 4.78 is 5.05. The molecule has 1 aromatic rings. The average molecular weight is 355 g/mol. The van der Waals surface area contributed by atoms with E-state index >= 15 is 0 Å². The Kier molecular flexibility index (Phi) is 5.57. The number of carbonyl (C=O) groups excluding carboxylic acids is 1. The third-order valence-corrected chi connectivity index (χ3v) is 3.65. The molecule has 1 saturated heterocycles. The summed E-state index contributed by atoms with van der Waals surface area (Å²) >= 11 is 11.2. The SMILES string of the molecule is CCCN1C(=O)C(=Cc2ccc(OCC(=O)O)c(Cl)c2)NC1=S. The number of carboxylic acids is 1. The fourth-order valence-electron chi connectivity index (χ4n) is 2.03. The molecule has 23 heavy (non-hydrogen) atoms. The van der Waals surface area contributed by atoms with Crippen LogP contribution in [0, 0.1) is 0 Å². The van der Waals surface area contributed by atoms with Crippen LogP contribution in [0.15, 0.2) is 23.9 Å². The monoisotopic (exact) mass is 354 g/mol. The lowest BCUT2D eigenvalue weighted by molar-refractivity contribution is -0.139. The Morgan fingerprint density at radius 1 is 1.52 bits per heavy atom. The molecule has 0 spiro atoms. The first-order chi connectivity index (χ1) is 10.9. The van der Waals surface area contributed by atoms with E-state index in [1.807, 2.05) is 6.92 Å². The highest BCUT2D eigenvalue weighted by Gasteiger charge is 2.29. The van der Waals surface area contributed by atoms with Crippen molar-refractivity contribution in [3.63, 3.8) is 0 Å². The smallest absolute Gasteiger partial charge is 0.341 e. The van der Waals surface area contributed by atoms with E-state index in [0.717, 1.165) is 6.42 Å². The van der Waals surface area contributed by atoms with Gasteiger partial charge in [0.15, 0.2) is 11.7 Å². The van der Waals surface area contributed by atoms with E-state index in [4.69, 9.17) is 33.7 Å². The Morgan fingerprint density at radius 2 is 2.26 bits per heavy atom. The lowest BCUT2D eigenvalue weighted by atomic mass is 10.2. The Morgan fingerprint density at radius 3 is 2.87 bits per heavy atom. The molecule has 6 nitrogen and oxygen atoms in total. The van der Waals surface area contributed by atoms with Gasteiger partial charge in [-0.1, -0.05) is 24.6 Å². The largest absolute Gasteiger partial charge is 0.480 e. The number of halogens is 1. The van der Waals surface area contributed by atoms with Gasteiger partial charge in [0.25, 0.3) is 5.91 Å². The Hall–Kier alpha value is -2.12. The van der Waals surface area contributed by atoms with E-state index in [-0.39, 0.29) is 16.7 Å². The summed E-state index contributed by atoms with van der Waals surface area (Å²) in [6.07, 6.45) is 2.44. The van der Waals surface area contributed by atoms with E-state index in [9.17, 15) is 9.59 Å². The fraction of sp³-hybridized carbons (Fsp3) is 0.267. The maximum Gasteiger partial charge on any atom is 0.341 e. The molecule has 122 valence electrons. The van der Waals surface area contributed by atoms with Crippen LogP contribution in [0.4, 0.5) is 0 Å². The predicted octanol–water partition coefficient (Wildman–Crippen LogP) is 2.27. The summed E-state index contributed by atoms with van der Waals surface area (Å²) in [6.45, 7) is 2.05. The standard InChI is InChI=1S/C15H15ClN2O4S/c1-2-5-18-14(21)11(17-15(18)23)7-9-3-4-12(10(16)6-9)22-8-13(19)20/h3-4,6-7H,2,5,8H2,1H3,(H,17,23)(H,19,20). The number of aliphatic carboxylic acids is 1. The third-order valence-electron chi connectivity index (χ3n) is 3.03. The van der Waals surface area contributed by atoms with Crippen molar-refractivity contribution in [1.82, 2.24) is 10.2 Å².